The average Bonchev–Trinajstić information content (AvgIpc) is 3.46. The van der Waals surface area contributed by atoms with Gasteiger partial charge in [-0.2, -0.15) is 0 Å². The zero-order valence-electron chi connectivity index (χ0n) is 31.5. The number of benzene rings is 2. The highest BCUT2D eigenvalue weighted by atomic mass is 32.1. The Hall–Kier alpha value is -3.79. The van der Waals surface area contributed by atoms with Gasteiger partial charge in [-0.15, -0.1) is 11.3 Å². The summed E-state index contributed by atoms with van der Waals surface area (Å²) in [4.78, 5) is 46.0. The third kappa shape index (κ3) is 10.7. The van der Waals surface area contributed by atoms with Gasteiger partial charge in [0, 0.05) is 28.1 Å². The van der Waals surface area contributed by atoms with Crippen LogP contribution in [0.4, 0.5) is 25.4 Å². The van der Waals surface area contributed by atoms with Crippen molar-refractivity contribution in [3.05, 3.63) is 59.4 Å². The zero-order chi connectivity index (χ0) is 39.4. The molecule has 0 radical (unpaired) electrons. The Balaban J connectivity index is 1.38. The minimum absolute atomic E-state index is 0.0962. The molecular weight excluding hydrogens is 729 g/mol. The normalized spacial score (nSPS) is 12.9. The van der Waals surface area contributed by atoms with Gasteiger partial charge in [-0.3, -0.25) is 9.32 Å². The van der Waals surface area contributed by atoms with Crippen LogP contribution in [0.5, 0.6) is 11.5 Å². The first-order valence-corrected chi connectivity index (χ1v) is 19.3. The summed E-state index contributed by atoms with van der Waals surface area (Å²) in [6.07, 6.45) is 3.76. The van der Waals surface area contributed by atoms with E-state index in [4.69, 9.17) is 14.0 Å². The molecule has 0 aliphatic carbocycles. The molecule has 2 aromatic heterocycles. The number of phosphoric ester groups is 1. The molecule has 0 saturated heterocycles. The first-order chi connectivity index (χ1) is 24.5. The third-order valence-corrected chi connectivity index (χ3v) is 10.3. The predicted molar refractivity (Wildman–Crippen MR) is 202 cm³/mol. The first kappa shape index (κ1) is 42.0. The number of hydrogen-bond acceptors (Lipinski definition) is 11. The van der Waals surface area contributed by atoms with Crippen molar-refractivity contribution in [1.29, 1.82) is 0 Å². The molecule has 53 heavy (non-hydrogen) atoms. The van der Waals surface area contributed by atoms with Crippen LogP contribution in [0, 0.1) is 22.5 Å². The molecule has 0 aliphatic rings. The lowest BCUT2D eigenvalue weighted by atomic mass is 9.58. The Morgan fingerprint density at radius 1 is 0.981 bits per heavy atom. The van der Waals surface area contributed by atoms with Crippen LogP contribution in [0.3, 0.4) is 0 Å². The Morgan fingerprint density at radius 3 is 2.32 bits per heavy atom. The Labute approximate surface area is 312 Å². The molecule has 2 aromatic carbocycles. The number of aromatic nitrogens is 3. The summed E-state index contributed by atoms with van der Waals surface area (Å²) >= 11 is 1.21. The van der Waals surface area contributed by atoms with Gasteiger partial charge in [0.1, 0.15) is 12.1 Å². The van der Waals surface area contributed by atoms with E-state index in [9.17, 15) is 27.9 Å². The van der Waals surface area contributed by atoms with Crippen LogP contribution in [-0.4, -0.2) is 62.0 Å². The fraction of sp³-hybridized carbons (Fsp3) is 0.500. The number of nitrogens with zero attached hydrogens (tertiary/aromatic N) is 3. The number of methoxy groups -OCH3 is 1. The lowest BCUT2D eigenvalue weighted by molar-refractivity contribution is -0.144. The number of ether oxygens (including phenoxy) is 2. The number of amides is 1. The standard InChI is InChI=1S/C36H49F2N6O7PS/c1-33(2,3)36(34(4,5)6,51-52(46,47)48)20-35(7,8)42-14-11-15-50-28-18-26-23(17-27(28)49-9)31(41-21-40-26)44-32-39-19-22(53-32)16-29(45)43-25-13-10-12-24(37)30(25)38/h10,12-13,17-19,21,42H,11,14-16,20H2,1-9H3,(H,43,45)(H2,46,47,48)(H,39,40,41,44). The molecule has 290 valence electrons. The van der Waals surface area contributed by atoms with Gasteiger partial charge in [0.2, 0.25) is 5.91 Å². The number of halogens is 2. The minimum Gasteiger partial charge on any atom is -0.493 e. The fourth-order valence-electron chi connectivity index (χ4n) is 6.47. The molecule has 0 bridgehead atoms. The Morgan fingerprint density at radius 2 is 1.68 bits per heavy atom. The molecule has 0 fully saturated rings. The van der Waals surface area contributed by atoms with Crippen LogP contribution < -0.4 is 25.4 Å². The molecular formula is C36H49F2N6O7PS. The van der Waals surface area contributed by atoms with E-state index < -0.39 is 47.3 Å². The molecule has 0 atom stereocenters. The quantitative estimate of drug-likeness (QED) is 0.0553. The second-order valence-corrected chi connectivity index (χ2v) is 17.7. The number of nitrogens with one attached hydrogen (secondary N) is 3. The summed E-state index contributed by atoms with van der Waals surface area (Å²) in [7, 11) is -3.28. The van der Waals surface area contributed by atoms with E-state index in [1.807, 2.05) is 55.4 Å². The van der Waals surface area contributed by atoms with E-state index >= 15 is 0 Å². The van der Waals surface area contributed by atoms with E-state index in [1.54, 1.807) is 12.1 Å². The van der Waals surface area contributed by atoms with Crippen LogP contribution in [0.15, 0.2) is 42.9 Å². The van der Waals surface area contributed by atoms with E-state index in [-0.39, 0.29) is 12.1 Å². The van der Waals surface area contributed by atoms with Crippen molar-refractivity contribution in [2.45, 2.75) is 85.8 Å². The summed E-state index contributed by atoms with van der Waals surface area (Å²) in [6, 6.07) is 7.07. The van der Waals surface area contributed by atoms with Crippen molar-refractivity contribution in [2.24, 2.45) is 10.8 Å². The van der Waals surface area contributed by atoms with Crippen LogP contribution >= 0.6 is 19.2 Å². The smallest absolute Gasteiger partial charge is 0.470 e. The largest absolute Gasteiger partial charge is 0.493 e. The Kier molecular flexibility index (Phi) is 12.9. The van der Waals surface area contributed by atoms with Crippen molar-refractivity contribution in [3.8, 4) is 11.5 Å². The lowest BCUT2D eigenvalue weighted by Gasteiger charge is -2.55. The number of anilines is 3. The van der Waals surface area contributed by atoms with Gasteiger partial charge >= 0.3 is 7.82 Å². The second kappa shape index (κ2) is 16.3. The predicted octanol–water partition coefficient (Wildman–Crippen LogP) is 7.77. The van der Waals surface area contributed by atoms with Crippen LogP contribution in [0.1, 0.15) is 73.1 Å². The number of fused-ring (bicyclic) bond motifs is 1. The molecule has 0 unspecified atom stereocenters. The number of phosphoric acid groups is 1. The summed E-state index contributed by atoms with van der Waals surface area (Å²) in [5, 5.41) is 10.1. The average molecular weight is 779 g/mol. The summed E-state index contributed by atoms with van der Waals surface area (Å²) in [5.41, 5.74) is -2.57. The fourth-order valence-corrected chi connectivity index (χ4v) is 8.30. The maximum Gasteiger partial charge on any atom is 0.470 e. The maximum absolute atomic E-state index is 14.0. The summed E-state index contributed by atoms with van der Waals surface area (Å²) in [6.45, 7) is 16.5. The van der Waals surface area contributed by atoms with E-state index in [0.29, 0.717) is 64.2 Å². The minimum atomic E-state index is -4.81. The third-order valence-electron chi connectivity index (χ3n) is 8.83. The van der Waals surface area contributed by atoms with E-state index in [0.717, 1.165) is 6.07 Å². The van der Waals surface area contributed by atoms with Gasteiger partial charge in [-0.05, 0) is 62.3 Å². The molecule has 0 spiro atoms. The van der Waals surface area contributed by atoms with Crippen LogP contribution in [0.25, 0.3) is 10.9 Å². The number of carbonyl (C=O) groups excluding carboxylic acids is 1. The highest BCUT2D eigenvalue weighted by Gasteiger charge is 2.57. The van der Waals surface area contributed by atoms with Gasteiger partial charge in [0.05, 0.1) is 36.9 Å². The molecule has 4 rings (SSSR count). The van der Waals surface area contributed by atoms with Crippen molar-refractivity contribution >= 4 is 52.6 Å². The van der Waals surface area contributed by atoms with Gasteiger partial charge in [-0.25, -0.2) is 28.3 Å². The first-order valence-electron chi connectivity index (χ1n) is 17.0. The molecule has 4 aromatic rings. The van der Waals surface area contributed by atoms with Gasteiger partial charge in [0.15, 0.2) is 28.3 Å². The maximum atomic E-state index is 14.0. The monoisotopic (exact) mass is 778 g/mol. The number of hydrogen-bond donors (Lipinski definition) is 5. The Bertz CT molecular complexity index is 1940. The zero-order valence-corrected chi connectivity index (χ0v) is 33.2. The second-order valence-electron chi connectivity index (χ2n) is 15.4. The molecule has 2 heterocycles. The summed E-state index contributed by atoms with van der Waals surface area (Å²) < 4.78 is 57.0. The van der Waals surface area contributed by atoms with E-state index in [2.05, 4.69) is 30.9 Å². The van der Waals surface area contributed by atoms with E-state index in [1.165, 1.54) is 43.1 Å². The van der Waals surface area contributed by atoms with Crippen molar-refractivity contribution in [3.63, 3.8) is 0 Å². The highest BCUT2D eigenvalue weighted by Crippen LogP contribution is 2.58. The molecule has 17 heteroatoms. The van der Waals surface area contributed by atoms with Crippen molar-refractivity contribution in [1.82, 2.24) is 20.3 Å². The molecule has 5 N–H and O–H groups in total. The number of carbonyl (C=O) groups is 1. The van der Waals surface area contributed by atoms with Crippen LogP contribution in [0.2, 0.25) is 0 Å². The molecule has 13 nitrogen and oxygen atoms in total. The molecule has 1 amide bonds. The van der Waals surface area contributed by atoms with Crippen LogP contribution in [-0.2, 0) is 20.3 Å². The molecule has 0 aliphatic heterocycles. The number of rotatable bonds is 16. The van der Waals surface area contributed by atoms with Gasteiger partial charge in [0.25, 0.3) is 0 Å². The highest BCUT2D eigenvalue weighted by molar-refractivity contribution is 7.46. The van der Waals surface area contributed by atoms with Gasteiger partial charge in [-0.1, -0.05) is 47.6 Å². The van der Waals surface area contributed by atoms with Crippen molar-refractivity contribution < 1.29 is 41.9 Å². The van der Waals surface area contributed by atoms with Gasteiger partial charge < -0.3 is 35.2 Å². The lowest BCUT2D eigenvalue weighted by Crippen LogP contribution is -2.60. The van der Waals surface area contributed by atoms with Crippen molar-refractivity contribution in [2.75, 3.05) is 30.9 Å². The number of thiazole rings is 1. The summed E-state index contributed by atoms with van der Waals surface area (Å²) in [5.74, 6) is -1.31. The molecule has 0 saturated carbocycles. The topological polar surface area (TPSA) is 177 Å². The SMILES string of the molecule is COc1cc2c(Nc3ncc(CC(=O)Nc4cccc(F)c4F)s3)ncnc2cc1OCCCNC(C)(C)CC(OP(=O)(O)O)(C(C)(C)C)C(C)(C)C.